The van der Waals surface area contributed by atoms with Crippen molar-refractivity contribution in [3.05, 3.63) is 65.0 Å². The number of hydrogen-bond acceptors (Lipinski definition) is 3. The zero-order valence-corrected chi connectivity index (χ0v) is 10.0. The predicted molar refractivity (Wildman–Crippen MR) is 69.6 cm³/mol. The molecule has 2 aromatic carbocycles. The van der Waals surface area contributed by atoms with E-state index in [0.717, 1.165) is 5.69 Å². The van der Waals surface area contributed by atoms with Crippen LogP contribution in [0.2, 0.25) is 0 Å². The number of rotatable bonds is 3. The van der Waals surface area contributed by atoms with E-state index in [1.165, 1.54) is 18.2 Å². The van der Waals surface area contributed by atoms with Gasteiger partial charge in [0.2, 0.25) is 0 Å². The molecule has 19 heavy (non-hydrogen) atoms. The SMILES string of the molecule is N#Cc1cccc(NCc2cc(F)ccc2C#N)c1. The summed E-state index contributed by atoms with van der Waals surface area (Å²) in [5, 5.41) is 20.8. The Hall–Kier alpha value is -2.85. The van der Waals surface area contributed by atoms with Crippen molar-refractivity contribution in [3.8, 4) is 12.1 Å². The second-order valence-electron chi connectivity index (χ2n) is 3.96. The Morgan fingerprint density at radius 3 is 2.63 bits per heavy atom. The van der Waals surface area contributed by atoms with E-state index in [-0.39, 0.29) is 5.82 Å². The van der Waals surface area contributed by atoms with Crippen LogP contribution in [0.1, 0.15) is 16.7 Å². The smallest absolute Gasteiger partial charge is 0.123 e. The van der Waals surface area contributed by atoms with Crippen LogP contribution in [0.15, 0.2) is 42.5 Å². The molecule has 0 saturated heterocycles. The number of anilines is 1. The molecule has 1 N–H and O–H groups in total. The fourth-order valence-corrected chi connectivity index (χ4v) is 1.71. The highest BCUT2D eigenvalue weighted by Crippen LogP contribution is 2.15. The van der Waals surface area contributed by atoms with Crippen LogP contribution in [0.4, 0.5) is 10.1 Å². The number of nitrogens with zero attached hydrogens (tertiary/aromatic N) is 2. The molecule has 2 aromatic rings. The normalized spacial score (nSPS) is 9.42. The molecule has 0 atom stereocenters. The van der Waals surface area contributed by atoms with Crippen LogP contribution in [0.5, 0.6) is 0 Å². The molecule has 0 unspecified atom stereocenters. The summed E-state index contributed by atoms with van der Waals surface area (Å²) in [6.45, 7) is 0.329. The predicted octanol–water partition coefficient (Wildman–Crippen LogP) is 3.18. The van der Waals surface area contributed by atoms with Crippen LogP contribution in [0, 0.1) is 28.5 Å². The third-order valence-electron chi connectivity index (χ3n) is 2.66. The van der Waals surface area contributed by atoms with Gasteiger partial charge in [0.15, 0.2) is 0 Å². The van der Waals surface area contributed by atoms with E-state index in [1.54, 1.807) is 18.2 Å². The minimum Gasteiger partial charge on any atom is -0.381 e. The lowest BCUT2D eigenvalue weighted by Gasteiger charge is -2.08. The minimum atomic E-state index is -0.374. The highest BCUT2D eigenvalue weighted by Gasteiger charge is 2.04. The fourth-order valence-electron chi connectivity index (χ4n) is 1.71. The molecule has 0 fully saturated rings. The summed E-state index contributed by atoms with van der Waals surface area (Å²) in [7, 11) is 0. The first-order valence-electron chi connectivity index (χ1n) is 5.65. The van der Waals surface area contributed by atoms with Crippen LogP contribution >= 0.6 is 0 Å². The maximum Gasteiger partial charge on any atom is 0.123 e. The number of nitrogens with one attached hydrogen (secondary N) is 1. The van der Waals surface area contributed by atoms with Gasteiger partial charge in [-0.2, -0.15) is 10.5 Å². The molecule has 0 radical (unpaired) electrons. The van der Waals surface area contributed by atoms with Crippen molar-refractivity contribution in [2.24, 2.45) is 0 Å². The molecular formula is C15H10FN3. The van der Waals surface area contributed by atoms with Crippen LogP contribution in [-0.4, -0.2) is 0 Å². The Balaban J connectivity index is 2.17. The molecule has 3 nitrogen and oxygen atoms in total. The number of nitriles is 2. The molecule has 92 valence electrons. The summed E-state index contributed by atoms with van der Waals surface area (Å²) in [5.41, 5.74) is 2.33. The zero-order valence-electron chi connectivity index (χ0n) is 10.0. The Kier molecular flexibility index (Phi) is 3.75. The maximum absolute atomic E-state index is 13.1. The average molecular weight is 251 g/mol. The van der Waals surface area contributed by atoms with E-state index in [9.17, 15) is 4.39 Å². The summed E-state index contributed by atoms with van der Waals surface area (Å²) in [6.07, 6.45) is 0. The Bertz CT molecular complexity index is 681. The standard InChI is InChI=1S/C15H10FN3/c16-14-5-4-12(9-18)13(7-14)10-19-15-3-1-2-11(6-15)8-17/h1-7,19H,10H2. The van der Waals surface area contributed by atoms with Crippen LogP contribution in [0.3, 0.4) is 0 Å². The van der Waals surface area contributed by atoms with Gasteiger partial charge in [0.05, 0.1) is 23.3 Å². The summed E-state index contributed by atoms with van der Waals surface area (Å²) in [6, 6.07) is 15.1. The van der Waals surface area contributed by atoms with Crippen LogP contribution in [-0.2, 0) is 6.54 Å². The van der Waals surface area contributed by atoms with Gasteiger partial charge in [-0.1, -0.05) is 6.07 Å². The molecule has 4 heteroatoms. The monoisotopic (exact) mass is 251 g/mol. The van der Waals surface area contributed by atoms with E-state index < -0.39 is 0 Å². The molecule has 2 rings (SSSR count). The number of halogens is 1. The number of benzene rings is 2. The molecule has 0 amide bonds. The Labute approximate surface area is 110 Å². The van der Waals surface area contributed by atoms with Gasteiger partial charge < -0.3 is 5.32 Å². The van der Waals surface area contributed by atoms with Gasteiger partial charge >= 0.3 is 0 Å². The molecule has 0 spiro atoms. The van der Waals surface area contributed by atoms with Crippen molar-refractivity contribution >= 4 is 5.69 Å². The van der Waals surface area contributed by atoms with E-state index in [1.807, 2.05) is 18.2 Å². The van der Waals surface area contributed by atoms with Gasteiger partial charge in [-0.15, -0.1) is 0 Å². The molecule has 0 bridgehead atoms. The third-order valence-corrected chi connectivity index (χ3v) is 2.66. The zero-order chi connectivity index (χ0) is 13.7. The van der Waals surface area contributed by atoms with Gasteiger partial charge in [-0.05, 0) is 42.0 Å². The van der Waals surface area contributed by atoms with Gasteiger partial charge in [0.1, 0.15) is 5.82 Å². The van der Waals surface area contributed by atoms with Crippen LogP contribution in [0.25, 0.3) is 0 Å². The van der Waals surface area contributed by atoms with Crippen molar-refractivity contribution in [2.75, 3.05) is 5.32 Å². The lowest BCUT2D eigenvalue weighted by atomic mass is 10.1. The summed E-state index contributed by atoms with van der Waals surface area (Å²) in [5.74, 6) is -0.374. The van der Waals surface area contributed by atoms with E-state index in [4.69, 9.17) is 10.5 Å². The topological polar surface area (TPSA) is 59.6 Å². The minimum absolute atomic E-state index is 0.329. The molecule has 0 aliphatic carbocycles. The average Bonchev–Trinajstić information content (AvgIpc) is 2.45. The third kappa shape index (κ3) is 3.08. The van der Waals surface area contributed by atoms with Crippen molar-refractivity contribution in [1.29, 1.82) is 10.5 Å². The lowest BCUT2D eigenvalue weighted by Crippen LogP contribution is -2.02. The Morgan fingerprint density at radius 2 is 1.89 bits per heavy atom. The molecule has 0 heterocycles. The maximum atomic E-state index is 13.1. The summed E-state index contributed by atoms with van der Waals surface area (Å²) >= 11 is 0. The first kappa shape index (κ1) is 12.6. The highest BCUT2D eigenvalue weighted by atomic mass is 19.1. The molecular weight excluding hydrogens is 241 g/mol. The summed E-state index contributed by atoms with van der Waals surface area (Å²) in [4.78, 5) is 0. The quantitative estimate of drug-likeness (QED) is 0.911. The van der Waals surface area contributed by atoms with Gasteiger partial charge in [0, 0.05) is 12.2 Å². The number of hydrogen-bond donors (Lipinski definition) is 1. The van der Waals surface area contributed by atoms with E-state index in [0.29, 0.717) is 23.2 Å². The van der Waals surface area contributed by atoms with Crippen molar-refractivity contribution in [3.63, 3.8) is 0 Å². The molecule has 0 saturated carbocycles. The lowest BCUT2D eigenvalue weighted by molar-refractivity contribution is 0.625. The first-order chi connectivity index (χ1) is 9.22. The van der Waals surface area contributed by atoms with Crippen LogP contribution < -0.4 is 5.32 Å². The van der Waals surface area contributed by atoms with E-state index >= 15 is 0 Å². The molecule has 0 aromatic heterocycles. The van der Waals surface area contributed by atoms with E-state index in [2.05, 4.69) is 5.32 Å². The Morgan fingerprint density at radius 1 is 1.05 bits per heavy atom. The van der Waals surface area contributed by atoms with Gasteiger partial charge in [0.25, 0.3) is 0 Å². The van der Waals surface area contributed by atoms with Crippen molar-refractivity contribution < 1.29 is 4.39 Å². The second-order valence-corrected chi connectivity index (χ2v) is 3.96. The highest BCUT2D eigenvalue weighted by molar-refractivity contribution is 5.50. The summed E-state index contributed by atoms with van der Waals surface area (Å²) < 4.78 is 13.1. The largest absolute Gasteiger partial charge is 0.381 e. The van der Waals surface area contributed by atoms with Crippen molar-refractivity contribution in [2.45, 2.75) is 6.54 Å². The van der Waals surface area contributed by atoms with Crippen molar-refractivity contribution in [1.82, 2.24) is 0 Å². The molecule has 0 aliphatic rings. The van der Waals surface area contributed by atoms with Gasteiger partial charge in [-0.3, -0.25) is 0 Å². The molecule has 0 aliphatic heterocycles. The van der Waals surface area contributed by atoms with Gasteiger partial charge in [-0.25, -0.2) is 4.39 Å². The first-order valence-corrected chi connectivity index (χ1v) is 5.65. The fraction of sp³-hybridized carbons (Fsp3) is 0.0667. The second kappa shape index (κ2) is 5.66.